The first-order valence-corrected chi connectivity index (χ1v) is 13.5. The Morgan fingerprint density at radius 3 is 1.73 bits per heavy atom. The maximum absolute atomic E-state index is 12.3. The predicted octanol–water partition coefficient (Wildman–Crippen LogP) is 0.299. The molecule has 0 aromatic heterocycles. The van der Waals surface area contributed by atoms with Crippen molar-refractivity contribution in [3.05, 3.63) is 35.9 Å². The number of nitrogens with zero attached hydrogens (tertiary/aromatic N) is 4. The highest BCUT2D eigenvalue weighted by atomic mass is 16.5. The molecule has 0 bridgehead atoms. The van der Waals surface area contributed by atoms with Gasteiger partial charge in [0.1, 0.15) is 18.1 Å². The van der Waals surface area contributed by atoms with Crippen molar-refractivity contribution in [3.8, 4) is 0 Å². The lowest BCUT2D eigenvalue weighted by molar-refractivity contribution is -0.148. The van der Waals surface area contributed by atoms with E-state index >= 15 is 0 Å². The van der Waals surface area contributed by atoms with Gasteiger partial charge in [0.25, 0.3) is 0 Å². The van der Waals surface area contributed by atoms with E-state index in [1.54, 1.807) is 33.4 Å². The second-order valence-electron chi connectivity index (χ2n) is 9.91. The molecule has 1 aliphatic rings. The topological polar surface area (TPSA) is 171 Å². The Morgan fingerprint density at radius 1 is 0.750 bits per heavy atom. The van der Waals surface area contributed by atoms with E-state index in [0.717, 1.165) is 5.56 Å². The Kier molecular flexibility index (Phi) is 14.0. The summed E-state index contributed by atoms with van der Waals surface area (Å²) in [6, 6.07) is 6.63. The number of benzene rings is 1. The van der Waals surface area contributed by atoms with Crippen molar-refractivity contribution in [2.45, 2.75) is 45.0 Å². The van der Waals surface area contributed by atoms with Gasteiger partial charge in [-0.3, -0.25) is 38.8 Å². The summed E-state index contributed by atoms with van der Waals surface area (Å²) >= 11 is 0. The summed E-state index contributed by atoms with van der Waals surface area (Å²) in [6.45, 7) is 4.98. The maximum atomic E-state index is 12.3. The van der Waals surface area contributed by atoms with Gasteiger partial charge in [0.05, 0.1) is 19.8 Å². The van der Waals surface area contributed by atoms with Gasteiger partial charge in [0.2, 0.25) is 0 Å². The van der Waals surface area contributed by atoms with Gasteiger partial charge >= 0.3 is 23.9 Å². The molecule has 0 spiro atoms. The summed E-state index contributed by atoms with van der Waals surface area (Å²) in [5.41, 5.74) is 0.894. The Morgan fingerprint density at radius 2 is 1.25 bits per heavy atom. The van der Waals surface area contributed by atoms with Gasteiger partial charge in [-0.1, -0.05) is 37.3 Å². The molecule has 1 aromatic rings. The summed E-state index contributed by atoms with van der Waals surface area (Å²) < 4.78 is 5.75. The van der Waals surface area contributed by atoms with Gasteiger partial charge < -0.3 is 25.2 Å². The number of carboxylic acids is 4. The fourth-order valence-corrected chi connectivity index (χ4v) is 4.80. The van der Waals surface area contributed by atoms with E-state index in [1.165, 1.54) is 0 Å². The SMILES string of the molecule is CCC(C(=O)O)N1CCN(CC(=O)O)CCN(C(COCc2ccccc2)C(=O)O)CCN(C(C)C(=O)O)CC1. The average Bonchev–Trinajstić information content (AvgIpc) is 2.89. The third-order valence-corrected chi connectivity index (χ3v) is 7.25. The molecule has 13 nitrogen and oxygen atoms in total. The van der Waals surface area contributed by atoms with E-state index in [-0.39, 0.29) is 72.1 Å². The Hall–Kier alpha value is -3.10. The van der Waals surface area contributed by atoms with Crippen LogP contribution in [-0.2, 0) is 30.5 Å². The zero-order valence-corrected chi connectivity index (χ0v) is 23.2. The van der Waals surface area contributed by atoms with Crippen LogP contribution in [0.15, 0.2) is 30.3 Å². The number of hydrogen-bond donors (Lipinski definition) is 4. The Labute approximate surface area is 234 Å². The van der Waals surface area contributed by atoms with Gasteiger partial charge in [-0.25, -0.2) is 0 Å². The highest BCUT2D eigenvalue weighted by Crippen LogP contribution is 2.12. The van der Waals surface area contributed by atoms with E-state index in [4.69, 9.17) is 4.74 Å². The van der Waals surface area contributed by atoms with Crippen molar-refractivity contribution >= 4 is 23.9 Å². The predicted molar refractivity (Wildman–Crippen MR) is 145 cm³/mol. The lowest BCUT2D eigenvalue weighted by Gasteiger charge is -2.37. The number of hydrogen-bond acceptors (Lipinski definition) is 9. The van der Waals surface area contributed by atoms with Crippen LogP contribution in [0.2, 0.25) is 0 Å². The van der Waals surface area contributed by atoms with Crippen LogP contribution >= 0.6 is 0 Å². The molecular formula is C27H42N4O9. The van der Waals surface area contributed by atoms with Crippen molar-refractivity contribution in [3.63, 3.8) is 0 Å². The molecule has 2 rings (SSSR count). The number of ether oxygens (including phenoxy) is 1. The zero-order valence-electron chi connectivity index (χ0n) is 23.2. The summed E-state index contributed by atoms with van der Waals surface area (Å²) in [4.78, 5) is 54.5. The van der Waals surface area contributed by atoms with Crippen molar-refractivity contribution < 1.29 is 44.3 Å². The minimum atomic E-state index is -1.10. The molecule has 4 N–H and O–H groups in total. The molecule has 3 atom stereocenters. The van der Waals surface area contributed by atoms with Crippen LogP contribution in [0, 0.1) is 0 Å². The number of carbonyl (C=O) groups is 4. The van der Waals surface area contributed by atoms with Crippen LogP contribution in [0.4, 0.5) is 0 Å². The summed E-state index contributed by atoms with van der Waals surface area (Å²) in [7, 11) is 0. The van der Waals surface area contributed by atoms with E-state index in [0.29, 0.717) is 6.42 Å². The minimum Gasteiger partial charge on any atom is -0.480 e. The Bertz CT molecular complexity index is 965. The van der Waals surface area contributed by atoms with Crippen LogP contribution in [0.5, 0.6) is 0 Å². The van der Waals surface area contributed by atoms with Crippen LogP contribution in [0.1, 0.15) is 25.8 Å². The third-order valence-electron chi connectivity index (χ3n) is 7.25. The molecule has 0 amide bonds. The number of rotatable bonds is 13. The fourth-order valence-electron chi connectivity index (χ4n) is 4.80. The van der Waals surface area contributed by atoms with Crippen molar-refractivity contribution in [2.75, 3.05) is 65.5 Å². The van der Waals surface area contributed by atoms with Crippen LogP contribution in [0.3, 0.4) is 0 Å². The third kappa shape index (κ3) is 10.8. The van der Waals surface area contributed by atoms with Crippen LogP contribution in [-0.4, -0.2) is 148 Å². The minimum absolute atomic E-state index is 0.109. The lowest BCUT2D eigenvalue weighted by Crippen LogP contribution is -2.55. The second-order valence-corrected chi connectivity index (χ2v) is 9.91. The van der Waals surface area contributed by atoms with E-state index in [1.807, 2.05) is 30.3 Å². The van der Waals surface area contributed by atoms with Gasteiger partial charge in [-0.05, 0) is 18.9 Å². The number of aliphatic carboxylic acids is 4. The van der Waals surface area contributed by atoms with E-state index in [9.17, 15) is 39.6 Å². The molecule has 1 aromatic carbocycles. The summed E-state index contributed by atoms with van der Waals surface area (Å²) in [6.07, 6.45) is 0.333. The lowest BCUT2D eigenvalue weighted by atomic mass is 10.1. The largest absolute Gasteiger partial charge is 0.480 e. The van der Waals surface area contributed by atoms with E-state index in [2.05, 4.69) is 0 Å². The normalized spacial score (nSPS) is 19.6. The molecule has 0 aliphatic carbocycles. The molecule has 224 valence electrons. The first-order valence-electron chi connectivity index (χ1n) is 13.5. The molecule has 0 radical (unpaired) electrons. The summed E-state index contributed by atoms with van der Waals surface area (Å²) in [5, 5.41) is 39.0. The van der Waals surface area contributed by atoms with E-state index < -0.39 is 42.0 Å². The molecule has 40 heavy (non-hydrogen) atoms. The van der Waals surface area contributed by atoms with Gasteiger partial charge in [0.15, 0.2) is 0 Å². The smallest absolute Gasteiger partial charge is 0.323 e. The quantitative estimate of drug-likeness (QED) is 0.257. The standard InChI is InChI=1S/C27H42N4O9/c1-3-22(26(36)37)30-11-9-28(17-24(32)33)10-12-31(16-14-29(13-15-30)20(2)25(34)35)23(27(38)39)19-40-18-21-7-5-4-6-8-21/h4-8,20,22-23H,3,9-19H2,1-2H3,(H,32,33)(H,34,35)(H,36,37)(H,38,39). The number of carboxylic acid groups (broad SMARTS) is 4. The molecule has 1 heterocycles. The average molecular weight is 567 g/mol. The highest BCUT2D eigenvalue weighted by molar-refractivity contribution is 5.74. The first kappa shape index (κ1) is 33.1. The molecule has 3 unspecified atom stereocenters. The van der Waals surface area contributed by atoms with Gasteiger partial charge in [0, 0.05) is 52.4 Å². The highest BCUT2D eigenvalue weighted by Gasteiger charge is 2.31. The maximum Gasteiger partial charge on any atom is 0.323 e. The molecule has 13 heteroatoms. The van der Waals surface area contributed by atoms with Gasteiger partial charge in [-0.15, -0.1) is 0 Å². The van der Waals surface area contributed by atoms with Crippen LogP contribution in [0.25, 0.3) is 0 Å². The summed E-state index contributed by atoms with van der Waals surface area (Å²) in [5.74, 6) is -4.17. The molecule has 1 fully saturated rings. The molecule has 1 aliphatic heterocycles. The van der Waals surface area contributed by atoms with Crippen molar-refractivity contribution in [1.29, 1.82) is 0 Å². The van der Waals surface area contributed by atoms with Gasteiger partial charge in [-0.2, -0.15) is 0 Å². The molecule has 1 saturated heterocycles. The zero-order chi connectivity index (χ0) is 29.7. The van der Waals surface area contributed by atoms with Crippen LogP contribution < -0.4 is 0 Å². The fraction of sp³-hybridized carbons (Fsp3) is 0.630. The van der Waals surface area contributed by atoms with Crippen molar-refractivity contribution in [2.24, 2.45) is 0 Å². The molecule has 0 saturated carbocycles. The monoisotopic (exact) mass is 566 g/mol. The Balaban J connectivity index is 2.29. The van der Waals surface area contributed by atoms with Crippen molar-refractivity contribution in [1.82, 2.24) is 19.6 Å². The second kappa shape index (κ2) is 16.9. The first-order chi connectivity index (χ1) is 19.0. The molecular weight excluding hydrogens is 524 g/mol.